The number of ketones is 1. The van der Waals surface area contributed by atoms with E-state index in [1.165, 1.54) is 0 Å². The van der Waals surface area contributed by atoms with Gasteiger partial charge in [-0.2, -0.15) is 0 Å². The van der Waals surface area contributed by atoms with Gasteiger partial charge in [-0.05, 0) is 37.0 Å². The van der Waals surface area contributed by atoms with Gasteiger partial charge >= 0.3 is 0 Å². The first-order valence-corrected chi connectivity index (χ1v) is 7.13. The number of carbonyl (C=O) groups is 1. The lowest BCUT2D eigenvalue weighted by atomic mass is 9.82. The Kier molecular flexibility index (Phi) is 4.23. The molecule has 0 radical (unpaired) electrons. The molecule has 0 amide bonds. The zero-order valence-electron chi connectivity index (χ0n) is 10.5. The summed E-state index contributed by atoms with van der Waals surface area (Å²) in [4.78, 5) is 12.2. The van der Waals surface area contributed by atoms with Crippen molar-refractivity contribution < 1.29 is 13.6 Å². The Labute approximate surface area is 119 Å². The Morgan fingerprint density at radius 2 is 2.21 bits per heavy atom. The van der Waals surface area contributed by atoms with Crippen LogP contribution in [0.3, 0.4) is 0 Å². The molecule has 104 valence electrons. The number of carbonyl (C=O) groups excluding carboxylic acids is 1. The second kappa shape index (κ2) is 5.57. The van der Waals surface area contributed by atoms with Crippen LogP contribution >= 0.6 is 15.9 Å². The third-order valence-corrected chi connectivity index (χ3v) is 4.20. The number of anilines is 1. The van der Waals surface area contributed by atoms with Gasteiger partial charge in [0, 0.05) is 35.0 Å². The second-order valence-corrected chi connectivity index (χ2v) is 6.04. The number of hydrogen-bond donors (Lipinski definition) is 1. The number of nitrogens with two attached hydrogens (primary N) is 1. The molecule has 5 heteroatoms. The van der Waals surface area contributed by atoms with Crippen LogP contribution in [0.5, 0.6) is 0 Å². The minimum Gasteiger partial charge on any atom is -0.399 e. The fourth-order valence-electron chi connectivity index (χ4n) is 2.58. The molecule has 1 fully saturated rings. The van der Waals surface area contributed by atoms with Gasteiger partial charge < -0.3 is 5.73 Å². The molecule has 19 heavy (non-hydrogen) atoms. The summed E-state index contributed by atoms with van der Waals surface area (Å²) in [5.41, 5.74) is 6.63. The summed E-state index contributed by atoms with van der Waals surface area (Å²) in [6, 6.07) is 4.99. The van der Waals surface area contributed by atoms with E-state index in [9.17, 15) is 13.6 Å². The monoisotopic (exact) mass is 331 g/mol. The van der Waals surface area contributed by atoms with E-state index in [0.717, 1.165) is 0 Å². The maximum atomic E-state index is 13.3. The van der Waals surface area contributed by atoms with Crippen molar-refractivity contribution >= 4 is 27.4 Å². The van der Waals surface area contributed by atoms with Crippen LogP contribution in [0.1, 0.15) is 42.5 Å². The summed E-state index contributed by atoms with van der Waals surface area (Å²) in [5.74, 6) is -2.97. The van der Waals surface area contributed by atoms with Crippen LogP contribution in [0.25, 0.3) is 0 Å². The van der Waals surface area contributed by atoms with Crippen LogP contribution in [-0.2, 0) is 0 Å². The number of hydrogen-bond acceptors (Lipinski definition) is 2. The first-order valence-electron chi connectivity index (χ1n) is 6.33. The van der Waals surface area contributed by atoms with Crippen LogP contribution in [0.15, 0.2) is 22.7 Å². The lowest BCUT2D eigenvalue weighted by Gasteiger charge is -2.28. The molecule has 1 aromatic carbocycles. The minimum atomic E-state index is -2.61. The quantitative estimate of drug-likeness (QED) is 0.657. The van der Waals surface area contributed by atoms with Gasteiger partial charge in [0.15, 0.2) is 5.78 Å². The molecule has 0 aliphatic heterocycles. The van der Waals surface area contributed by atoms with E-state index in [0.29, 0.717) is 28.6 Å². The third kappa shape index (κ3) is 3.75. The van der Waals surface area contributed by atoms with Gasteiger partial charge in [-0.15, -0.1) is 0 Å². The van der Waals surface area contributed by atoms with Crippen molar-refractivity contribution in [2.75, 3.05) is 5.73 Å². The lowest BCUT2D eigenvalue weighted by Crippen LogP contribution is -2.27. The maximum absolute atomic E-state index is 13.3. The Morgan fingerprint density at radius 1 is 1.47 bits per heavy atom. The molecule has 0 spiro atoms. The molecule has 2 rings (SSSR count). The first-order chi connectivity index (χ1) is 8.87. The van der Waals surface area contributed by atoms with Gasteiger partial charge in [-0.25, -0.2) is 8.78 Å². The summed E-state index contributed by atoms with van der Waals surface area (Å²) >= 11 is 3.29. The predicted molar refractivity (Wildman–Crippen MR) is 74.4 cm³/mol. The van der Waals surface area contributed by atoms with Crippen molar-refractivity contribution in [1.82, 2.24) is 0 Å². The smallest absolute Gasteiger partial charge is 0.248 e. The van der Waals surface area contributed by atoms with Gasteiger partial charge in [-0.3, -0.25) is 4.79 Å². The normalized spacial score (nSPS) is 22.2. The largest absolute Gasteiger partial charge is 0.399 e. The highest BCUT2D eigenvalue weighted by molar-refractivity contribution is 9.10. The van der Waals surface area contributed by atoms with E-state index in [1.807, 2.05) is 0 Å². The van der Waals surface area contributed by atoms with Gasteiger partial charge in [-0.1, -0.05) is 15.9 Å². The molecule has 2 N–H and O–H groups in total. The molecule has 1 aromatic rings. The molecule has 1 aliphatic carbocycles. The van der Waals surface area contributed by atoms with Crippen LogP contribution < -0.4 is 5.73 Å². The van der Waals surface area contributed by atoms with Crippen molar-refractivity contribution in [3.63, 3.8) is 0 Å². The van der Waals surface area contributed by atoms with E-state index in [4.69, 9.17) is 5.73 Å². The fourth-order valence-corrected chi connectivity index (χ4v) is 3.05. The van der Waals surface area contributed by atoms with Crippen LogP contribution in [0.2, 0.25) is 0 Å². The first kappa shape index (κ1) is 14.4. The molecule has 1 unspecified atom stereocenters. The van der Waals surface area contributed by atoms with E-state index >= 15 is 0 Å². The number of alkyl halides is 2. The Bertz CT molecular complexity index is 490. The van der Waals surface area contributed by atoms with Crippen LogP contribution in [0.4, 0.5) is 14.5 Å². The van der Waals surface area contributed by atoms with Gasteiger partial charge in [0.05, 0.1) is 0 Å². The molecule has 0 saturated heterocycles. The van der Waals surface area contributed by atoms with Crippen LogP contribution in [-0.4, -0.2) is 11.7 Å². The maximum Gasteiger partial charge on any atom is 0.248 e. The van der Waals surface area contributed by atoms with E-state index in [2.05, 4.69) is 15.9 Å². The molecule has 2 nitrogen and oxygen atoms in total. The third-order valence-electron chi connectivity index (χ3n) is 3.51. The zero-order valence-corrected chi connectivity index (χ0v) is 12.1. The molecular weight excluding hydrogens is 316 g/mol. The van der Waals surface area contributed by atoms with Crippen LogP contribution in [0, 0.1) is 5.92 Å². The average molecular weight is 332 g/mol. The van der Waals surface area contributed by atoms with Gasteiger partial charge in [0.25, 0.3) is 0 Å². The van der Waals surface area contributed by atoms with E-state index in [-0.39, 0.29) is 31.0 Å². The highest BCUT2D eigenvalue weighted by atomic mass is 79.9. The van der Waals surface area contributed by atoms with Crippen molar-refractivity contribution in [3.05, 3.63) is 28.2 Å². The molecule has 1 saturated carbocycles. The molecule has 0 heterocycles. The van der Waals surface area contributed by atoms with Crippen molar-refractivity contribution in [3.8, 4) is 0 Å². The summed E-state index contributed by atoms with van der Waals surface area (Å²) < 4.78 is 27.3. The zero-order chi connectivity index (χ0) is 14.0. The summed E-state index contributed by atoms with van der Waals surface area (Å²) in [5, 5.41) is 0. The van der Waals surface area contributed by atoms with Crippen molar-refractivity contribution in [2.24, 2.45) is 5.92 Å². The molecule has 1 aliphatic rings. The number of benzene rings is 1. The number of halogens is 3. The Balaban J connectivity index is 2.06. The van der Waals surface area contributed by atoms with Crippen molar-refractivity contribution in [2.45, 2.75) is 38.0 Å². The number of Topliss-reactive ketones (excluding diaryl/α,β-unsaturated/α-hetero) is 1. The van der Waals surface area contributed by atoms with Gasteiger partial charge in [0.1, 0.15) is 0 Å². The van der Waals surface area contributed by atoms with E-state index < -0.39 is 5.92 Å². The fraction of sp³-hybridized carbons (Fsp3) is 0.500. The Morgan fingerprint density at radius 3 is 2.89 bits per heavy atom. The lowest BCUT2D eigenvalue weighted by molar-refractivity contribution is -0.0521. The standard InChI is InChI=1S/C14H16BrF2NO/c15-12-4-3-10(18)7-11(12)13(19)6-9-2-1-5-14(16,17)8-9/h3-4,7,9H,1-2,5-6,8,18H2. The number of rotatable bonds is 3. The van der Waals surface area contributed by atoms with Gasteiger partial charge in [0.2, 0.25) is 5.92 Å². The highest BCUT2D eigenvalue weighted by Gasteiger charge is 2.36. The SMILES string of the molecule is Nc1ccc(Br)c(C(=O)CC2CCCC(F)(F)C2)c1. The summed E-state index contributed by atoms with van der Waals surface area (Å²) in [6.07, 6.45) is 1.11. The predicted octanol–water partition coefficient (Wildman–Crippen LogP) is 4.43. The highest BCUT2D eigenvalue weighted by Crippen LogP contribution is 2.38. The molecular formula is C14H16BrF2NO. The summed E-state index contributed by atoms with van der Waals surface area (Å²) in [7, 11) is 0. The second-order valence-electron chi connectivity index (χ2n) is 5.18. The molecule has 0 aromatic heterocycles. The topological polar surface area (TPSA) is 43.1 Å². The summed E-state index contributed by atoms with van der Waals surface area (Å²) in [6.45, 7) is 0. The average Bonchev–Trinajstić information content (AvgIpc) is 2.31. The number of nitrogen functional groups attached to an aromatic ring is 1. The molecule has 0 bridgehead atoms. The molecule has 1 atom stereocenters. The van der Waals surface area contributed by atoms with Crippen molar-refractivity contribution in [1.29, 1.82) is 0 Å². The minimum absolute atomic E-state index is 0.0559. The van der Waals surface area contributed by atoms with E-state index in [1.54, 1.807) is 18.2 Å². The Hall–Kier alpha value is -0.970.